The average Bonchev–Trinajstić information content (AvgIpc) is 3.52. The Labute approximate surface area is 267 Å². The van der Waals surface area contributed by atoms with Gasteiger partial charge >= 0.3 is 0 Å². The molecule has 46 heavy (non-hydrogen) atoms. The Kier molecular flexibility index (Phi) is 7.16. The van der Waals surface area contributed by atoms with Gasteiger partial charge in [0.2, 0.25) is 0 Å². The summed E-state index contributed by atoms with van der Waals surface area (Å²) in [5.41, 5.74) is 10.7. The Bertz CT molecular complexity index is 2330. The SMILES string of the molecule is C=N/C(=C1/C=CC=CC1=NCc1cccc(-c2nc3ccccc3c3oc4ccccc4c23)c1)c1ccc(C2C=CC=CC2)cc1. The van der Waals surface area contributed by atoms with Crippen LogP contribution in [0.3, 0.4) is 0 Å². The molecular formula is C42H31N3O. The molecular weight excluding hydrogens is 562 g/mol. The maximum absolute atomic E-state index is 6.40. The predicted molar refractivity (Wildman–Crippen MR) is 192 cm³/mol. The first-order valence-electron chi connectivity index (χ1n) is 15.6. The predicted octanol–water partition coefficient (Wildman–Crippen LogP) is 10.6. The number of hydrogen-bond acceptors (Lipinski definition) is 4. The zero-order valence-corrected chi connectivity index (χ0v) is 25.3. The Morgan fingerprint density at radius 3 is 2.50 bits per heavy atom. The molecule has 0 bridgehead atoms. The number of nitrogens with zero attached hydrogens (tertiary/aromatic N) is 3. The normalized spacial score (nSPS) is 17.8. The number of fused-ring (bicyclic) bond motifs is 5. The number of rotatable bonds is 6. The molecule has 6 aromatic rings. The summed E-state index contributed by atoms with van der Waals surface area (Å²) in [6.45, 7) is 4.44. The molecule has 0 fully saturated rings. The minimum atomic E-state index is 0.408. The lowest BCUT2D eigenvalue weighted by atomic mass is 9.91. The topological polar surface area (TPSA) is 50.8 Å². The largest absolute Gasteiger partial charge is 0.455 e. The molecule has 2 aromatic heterocycles. The smallest absolute Gasteiger partial charge is 0.147 e. The maximum Gasteiger partial charge on any atom is 0.147 e. The third kappa shape index (κ3) is 5.04. The van der Waals surface area contributed by atoms with Gasteiger partial charge in [0.15, 0.2) is 0 Å². The van der Waals surface area contributed by atoms with Crippen molar-refractivity contribution in [3.8, 4) is 11.3 Å². The van der Waals surface area contributed by atoms with E-state index in [2.05, 4.69) is 103 Å². The summed E-state index contributed by atoms with van der Waals surface area (Å²) in [6, 6.07) is 33.5. The zero-order valence-electron chi connectivity index (χ0n) is 25.3. The van der Waals surface area contributed by atoms with Gasteiger partial charge in [-0.05, 0) is 54.6 Å². The van der Waals surface area contributed by atoms with Crippen LogP contribution in [0, 0.1) is 0 Å². The number of benzene rings is 4. The third-order valence-corrected chi connectivity index (χ3v) is 8.76. The molecule has 0 amide bonds. The molecule has 1 unspecified atom stereocenters. The number of allylic oxidation sites excluding steroid dienone is 9. The average molecular weight is 594 g/mol. The molecule has 2 aliphatic carbocycles. The van der Waals surface area contributed by atoms with E-state index >= 15 is 0 Å². The number of pyridine rings is 1. The Morgan fingerprint density at radius 2 is 1.65 bits per heavy atom. The van der Waals surface area contributed by atoms with Crippen molar-refractivity contribution < 1.29 is 4.42 Å². The molecule has 4 heteroatoms. The van der Waals surface area contributed by atoms with Crippen molar-refractivity contribution in [1.29, 1.82) is 0 Å². The molecule has 0 saturated heterocycles. The molecule has 4 nitrogen and oxygen atoms in total. The Hall–Kier alpha value is -5.87. The first-order chi connectivity index (χ1) is 22.8. The van der Waals surface area contributed by atoms with Crippen molar-refractivity contribution >= 4 is 51.0 Å². The molecule has 4 aromatic carbocycles. The van der Waals surface area contributed by atoms with Gasteiger partial charge in [0.25, 0.3) is 0 Å². The monoisotopic (exact) mass is 593 g/mol. The summed E-state index contributed by atoms with van der Waals surface area (Å²) in [5, 5.41) is 3.11. The fourth-order valence-corrected chi connectivity index (χ4v) is 6.47. The number of furan rings is 1. The lowest BCUT2D eigenvalue weighted by molar-refractivity contribution is 0.672. The summed E-state index contributed by atoms with van der Waals surface area (Å²) >= 11 is 0. The summed E-state index contributed by atoms with van der Waals surface area (Å²) < 4.78 is 6.40. The zero-order chi connectivity index (χ0) is 30.9. The summed E-state index contributed by atoms with van der Waals surface area (Å²) in [5.74, 6) is 0.408. The summed E-state index contributed by atoms with van der Waals surface area (Å²) in [6.07, 6.45) is 17.9. The van der Waals surface area contributed by atoms with Crippen molar-refractivity contribution in [3.63, 3.8) is 0 Å². The van der Waals surface area contributed by atoms with Crippen LogP contribution in [-0.4, -0.2) is 17.4 Å². The fourth-order valence-electron chi connectivity index (χ4n) is 6.47. The van der Waals surface area contributed by atoms with Crippen molar-refractivity contribution in [2.45, 2.75) is 18.9 Å². The summed E-state index contributed by atoms with van der Waals surface area (Å²) in [4.78, 5) is 14.7. The van der Waals surface area contributed by atoms with Crippen molar-refractivity contribution in [1.82, 2.24) is 4.98 Å². The van der Waals surface area contributed by atoms with E-state index in [1.807, 2.05) is 54.6 Å². The first kappa shape index (κ1) is 27.7. The second-order valence-electron chi connectivity index (χ2n) is 11.6. The highest BCUT2D eigenvalue weighted by Gasteiger charge is 2.18. The lowest BCUT2D eigenvalue weighted by Gasteiger charge is -2.15. The molecule has 0 saturated carbocycles. The van der Waals surface area contributed by atoms with E-state index in [9.17, 15) is 0 Å². The first-order valence-corrected chi connectivity index (χ1v) is 15.6. The molecule has 220 valence electrons. The minimum absolute atomic E-state index is 0.408. The summed E-state index contributed by atoms with van der Waals surface area (Å²) in [7, 11) is 0. The van der Waals surface area contributed by atoms with E-state index in [1.54, 1.807) is 0 Å². The molecule has 2 heterocycles. The number of hydrogen-bond donors (Lipinski definition) is 0. The second-order valence-corrected chi connectivity index (χ2v) is 11.6. The van der Waals surface area contributed by atoms with Gasteiger partial charge in [0, 0.05) is 33.4 Å². The lowest BCUT2D eigenvalue weighted by Crippen LogP contribution is -2.04. The van der Waals surface area contributed by atoms with Gasteiger partial charge in [-0.3, -0.25) is 9.98 Å². The quantitative estimate of drug-likeness (QED) is 0.180. The van der Waals surface area contributed by atoms with Crippen LogP contribution < -0.4 is 0 Å². The molecule has 8 rings (SSSR count). The van der Waals surface area contributed by atoms with Crippen LogP contribution >= 0.6 is 0 Å². The van der Waals surface area contributed by atoms with Gasteiger partial charge in [-0.15, -0.1) is 0 Å². The standard InChI is InChI=1S/C42H31N3O/c1-43-40(31-24-22-30(23-25-31)29-13-3-2-4-14-29)33-16-5-8-19-36(33)44-27-28-12-11-15-32(26-28)41-39-35-18-7-10-21-38(35)46-42(39)34-17-6-9-20-37(34)45-41/h2-13,15-26,29H,1,14,27H2/b40-33-,44-36?. The van der Waals surface area contributed by atoms with Crippen molar-refractivity contribution in [2.24, 2.45) is 9.98 Å². The van der Waals surface area contributed by atoms with Gasteiger partial charge in [-0.2, -0.15) is 0 Å². The van der Waals surface area contributed by atoms with Crippen LogP contribution in [0.4, 0.5) is 0 Å². The van der Waals surface area contributed by atoms with Crippen LogP contribution in [0.15, 0.2) is 166 Å². The Balaban J connectivity index is 1.15. The van der Waals surface area contributed by atoms with E-state index in [0.717, 1.165) is 78.6 Å². The molecule has 0 spiro atoms. The fraction of sp³-hybridized carbons (Fsp3) is 0.0714. The van der Waals surface area contributed by atoms with E-state index in [1.165, 1.54) is 5.56 Å². The number of aromatic nitrogens is 1. The van der Waals surface area contributed by atoms with Crippen LogP contribution in [0.25, 0.3) is 49.8 Å². The van der Waals surface area contributed by atoms with Crippen LogP contribution in [0.5, 0.6) is 0 Å². The second kappa shape index (κ2) is 11.9. The van der Waals surface area contributed by atoms with Gasteiger partial charge in [0.1, 0.15) is 11.2 Å². The highest BCUT2D eigenvalue weighted by Crippen LogP contribution is 2.39. The van der Waals surface area contributed by atoms with Gasteiger partial charge in [-0.1, -0.05) is 115 Å². The molecule has 1 atom stereocenters. The van der Waals surface area contributed by atoms with Crippen LogP contribution in [0.2, 0.25) is 0 Å². The van der Waals surface area contributed by atoms with Crippen molar-refractivity contribution in [2.75, 3.05) is 0 Å². The van der Waals surface area contributed by atoms with Gasteiger partial charge < -0.3 is 4.42 Å². The molecule has 0 N–H and O–H groups in total. The number of aliphatic imine (C=N–C) groups is 2. The van der Waals surface area contributed by atoms with E-state index in [4.69, 9.17) is 14.4 Å². The number of para-hydroxylation sites is 2. The van der Waals surface area contributed by atoms with Crippen LogP contribution in [-0.2, 0) is 6.54 Å². The van der Waals surface area contributed by atoms with Gasteiger partial charge in [0.05, 0.1) is 34.6 Å². The van der Waals surface area contributed by atoms with Crippen molar-refractivity contribution in [3.05, 3.63) is 168 Å². The van der Waals surface area contributed by atoms with Gasteiger partial charge in [-0.25, -0.2) is 4.98 Å². The molecule has 2 aliphatic rings. The molecule has 0 aliphatic heterocycles. The van der Waals surface area contributed by atoms with E-state index in [0.29, 0.717) is 12.5 Å². The highest BCUT2D eigenvalue weighted by molar-refractivity contribution is 6.19. The minimum Gasteiger partial charge on any atom is -0.455 e. The molecule has 0 radical (unpaired) electrons. The van der Waals surface area contributed by atoms with E-state index in [-0.39, 0.29) is 0 Å². The Morgan fingerprint density at radius 1 is 0.826 bits per heavy atom. The third-order valence-electron chi connectivity index (χ3n) is 8.76. The maximum atomic E-state index is 6.40. The van der Waals surface area contributed by atoms with E-state index < -0.39 is 0 Å². The highest BCUT2D eigenvalue weighted by atomic mass is 16.3. The van der Waals surface area contributed by atoms with Crippen LogP contribution in [0.1, 0.15) is 29.0 Å².